The number of hydrogen-bond acceptors (Lipinski definition) is 7. The van der Waals surface area contributed by atoms with E-state index in [0.717, 1.165) is 42.9 Å². The summed E-state index contributed by atoms with van der Waals surface area (Å²) in [6.45, 7) is 3.50. The van der Waals surface area contributed by atoms with E-state index < -0.39 is 0 Å². The van der Waals surface area contributed by atoms with Gasteiger partial charge in [-0.25, -0.2) is 14.8 Å². The van der Waals surface area contributed by atoms with Crippen LogP contribution in [0.4, 0.5) is 5.82 Å². The molecule has 1 saturated heterocycles. The predicted molar refractivity (Wildman–Crippen MR) is 99.1 cm³/mol. The van der Waals surface area contributed by atoms with Gasteiger partial charge >= 0.3 is 5.97 Å². The van der Waals surface area contributed by atoms with Gasteiger partial charge < -0.3 is 19.5 Å². The number of aromatic nitrogens is 2. The lowest BCUT2D eigenvalue weighted by atomic mass is 10.1. The Bertz CT molecular complexity index is 881. The van der Waals surface area contributed by atoms with Gasteiger partial charge in [0.05, 0.1) is 5.56 Å². The molecule has 0 spiro atoms. The maximum atomic E-state index is 11.7. The maximum Gasteiger partial charge on any atom is 0.339 e. The fourth-order valence-electron chi connectivity index (χ4n) is 3.44. The van der Waals surface area contributed by atoms with E-state index in [0.29, 0.717) is 28.9 Å². The molecule has 0 saturated carbocycles. The molecule has 4 rings (SSSR count). The Morgan fingerprint density at radius 3 is 2.85 bits per heavy atom. The van der Waals surface area contributed by atoms with Crippen LogP contribution in [-0.4, -0.2) is 40.2 Å². The third kappa shape index (κ3) is 3.57. The number of hydrogen-bond donors (Lipinski definition) is 1. The highest BCUT2D eigenvalue weighted by Crippen LogP contribution is 2.29. The number of esters is 1. The number of carbonyl (C=O) groups excluding carboxylic acids is 1. The molecule has 27 heavy (non-hydrogen) atoms. The fraction of sp³-hybridized carbons (Fsp3) is 0.421. The van der Waals surface area contributed by atoms with Crippen molar-refractivity contribution in [2.24, 2.45) is 0 Å². The van der Waals surface area contributed by atoms with E-state index in [1.54, 1.807) is 6.07 Å². The lowest BCUT2D eigenvalue weighted by Gasteiger charge is -2.34. The van der Waals surface area contributed by atoms with E-state index in [2.05, 4.69) is 14.9 Å². The monoisotopic (exact) mass is 389 g/mol. The SMILES string of the molecule is Cc1c(Cl)nc(CO)nc1N1CCC(Oc2ccc3c(c2)C(=O)OC3)CC1. The van der Waals surface area contributed by atoms with Gasteiger partial charge in [-0.2, -0.15) is 0 Å². The first-order valence-electron chi connectivity index (χ1n) is 8.90. The summed E-state index contributed by atoms with van der Waals surface area (Å²) < 4.78 is 11.1. The van der Waals surface area contributed by atoms with Crippen molar-refractivity contribution in [2.75, 3.05) is 18.0 Å². The Kier molecular flexibility index (Phi) is 4.88. The number of aliphatic hydroxyl groups excluding tert-OH is 1. The topological polar surface area (TPSA) is 84.8 Å². The smallest absolute Gasteiger partial charge is 0.339 e. The molecule has 7 nitrogen and oxygen atoms in total. The van der Waals surface area contributed by atoms with Gasteiger partial charge in [0, 0.05) is 37.1 Å². The van der Waals surface area contributed by atoms with Gasteiger partial charge in [-0.3, -0.25) is 0 Å². The molecule has 0 radical (unpaired) electrons. The van der Waals surface area contributed by atoms with E-state index in [9.17, 15) is 9.90 Å². The number of benzene rings is 1. The zero-order chi connectivity index (χ0) is 19.0. The fourth-order valence-corrected chi connectivity index (χ4v) is 3.62. The predicted octanol–water partition coefficient (Wildman–Crippen LogP) is 2.65. The lowest BCUT2D eigenvalue weighted by molar-refractivity contribution is 0.0534. The number of nitrogens with zero attached hydrogens (tertiary/aromatic N) is 3. The zero-order valence-electron chi connectivity index (χ0n) is 14.9. The summed E-state index contributed by atoms with van der Waals surface area (Å²) in [6, 6.07) is 5.53. The minimum Gasteiger partial charge on any atom is -0.490 e. The van der Waals surface area contributed by atoms with Crippen molar-refractivity contribution in [2.45, 2.75) is 39.1 Å². The first-order chi connectivity index (χ1) is 13.0. The van der Waals surface area contributed by atoms with Crippen LogP contribution in [0.2, 0.25) is 5.15 Å². The summed E-state index contributed by atoms with van der Waals surface area (Å²) in [6.07, 6.45) is 1.69. The molecule has 0 aliphatic carbocycles. The van der Waals surface area contributed by atoms with E-state index in [4.69, 9.17) is 21.1 Å². The van der Waals surface area contributed by atoms with Crippen LogP contribution in [0, 0.1) is 6.92 Å². The van der Waals surface area contributed by atoms with Crippen LogP contribution < -0.4 is 9.64 Å². The summed E-state index contributed by atoms with van der Waals surface area (Å²) in [4.78, 5) is 22.3. The number of piperidine rings is 1. The third-order valence-electron chi connectivity index (χ3n) is 4.95. The highest BCUT2D eigenvalue weighted by Gasteiger charge is 2.26. The molecule has 2 aliphatic heterocycles. The van der Waals surface area contributed by atoms with E-state index in [-0.39, 0.29) is 18.7 Å². The molecule has 3 heterocycles. The van der Waals surface area contributed by atoms with Crippen LogP contribution in [0.5, 0.6) is 5.75 Å². The van der Waals surface area contributed by atoms with Crippen molar-refractivity contribution in [1.29, 1.82) is 0 Å². The molecule has 2 aromatic rings. The van der Waals surface area contributed by atoms with Crippen LogP contribution in [0.1, 0.15) is 40.2 Å². The van der Waals surface area contributed by atoms with Gasteiger partial charge in [-0.1, -0.05) is 17.7 Å². The normalized spacial score (nSPS) is 17.0. The molecule has 0 bridgehead atoms. The Balaban J connectivity index is 1.42. The molecule has 2 aliphatic rings. The van der Waals surface area contributed by atoms with Gasteiger partial charge in [0.15, 0.2) is 5.82 Å². The van der Waals surface area contributed by atoms with Gasteiger partial charge in [0.25, 0.3) is 0 Å². The molecule has 8 heteroatoms. The Morgan fingerprint density at radius 1 is 1.33 bits per heavy atom. The molecule has 1 aromatic carbocycles. The van der Waals surface area contributed by atoms with Crippen LogP contribution in [0.25, 0.3) is 0 Å². The Hall–Kier alpha value is -2.38. The number of rotatable bonds is 4. The lowest BCUT2D eigenvalue weighted by Crippen LogP contribution is -2.39. The van der Waals surface area contributed by atoms with Gasteiger partial charge in [0.1, 0.15) is 36.0 Å². The Labute approximate surface area is 161 Å². The minimum atomic E-state index is -0.291. The highest BCUT2D eigenvalue weighted by molar-refractivity contribution is 6.30. The van der Waals surface area contributed by atoms with Gasteiger partial charge in [0.2, 0.25) is 0 Å². The number of fused-ring (bicyclic) bond motifs is 1. The second kappa shape index (κ2) is 7.32. The number of ether oxygens (including phenoxy) is 2. The summed E-state index contributed by atoms with van der Waals surface area (Å²) in [5, 5.41) is 9.68. The van der Waals surface area contributed by atoms with E-state index in [1.165, 1.54) is 0 Å². The van der Waals surface area contributed by atoms with Crippen molar-refractivity contribution >= 4 is 23.4 Å². The Morgan fingerprint density at radius 2 is 2.11 bits per heavy atom. The largest absolute Gasteiger partial charge is 0.490 e. The second-order valence-corrected chi connectivity index (χ2v) is 7.09. The van der Waals surface area contributed by atoms with Crippen molar-refractivity contribution in [3.63, 3.8) is 0 Å². The quantitative estimate of drug-likeness (QED) is 0.635. The molecular weight excluding hydrogens is 370 g/mol. The first-order valence-corrected chi connectivity index (χ1v) is 9.28. The second-order valence-electron chi connectivity index (χ2n) is 6.74. The van der Waals surface area contributed by atoms with E-state index >= 15 is 0 Å². The highest BCUT2D eigenvalue weighted by atomic mass is 35.5. The zero-order valence-corrected chi connectivity index (χ0v) is 15.7. The third-order valence-corrected chi connectivity index (χ3v) is 5.32. The molecule has 0 unspecified atom stereocenters. The molecule has 0 amide bonds. The summed E-state index contributed by atoms with van der Waals surface area (Å²) in [7, 11) is 0. The number of halogens is 1. The van der Waals surface area contributed by atoms with Crippen molar-refractivity contribution < 1.29 is 19.4 Å². The summed E-state index contributed by atoms with van der Waals surface area (Å²) in [5.74, 6) is 1.48. The first kappa shape index (κ1) is 18.0. The number of cyclic esters (lactones) is 1. The number of anilines is 1. The molecule has 1 fully saturated rings. The molecular formula is C19H20ClN3O4. The molecule has 1 N–H and O–H groups in total. The maximum absolute atomic E-state index is 11.7. The van der Waals surface area contributed by atoms with Crippen LogP contribution >= 0.6 is 11.6 Å². The van der Waals surface area contributed by atoms with Crippen LogP contribution in [-0.2, 0) is 18.0 Å². The van der Waals surface area contributed by atoms with Gasteiger partial charge in [-0.05, 0) is 19.1 Å². The van der Waals surface area contributed by atoms with Crippen molar-refractivity contribution in [3.05, 3.63) is 45.9 Å². The van der Waals surface area contributed by atoms with Crippen LogP contribution in [0.3, 0.4) is 0 Å². The number of aliphatic hydroxyl groups is 1. The average Bonchev–Trinajstić information content (AvgIpc) is 3.05. The summed E-state index contributed by atoms with van der Waals surface area (Å²) in [5.41, 5.74) is 2.30. The molecule has 1 aromatic heterocycles. The minimum absolute atomic E-state index is 0.0617. The molecule has 0 atom stereocenters. The standard InChI is InChI=1S/C19H20ClN3O4/c1-11-17(20)21-16(9-24)22-18(11)23-6-4-13(5-7-23)27-14-3-2-12-10-26-19(25)15(12)8-14/h2-3,8,13,24H,4-7,9-10H2,1H3. The van der Waals surface area contributed by atoms with Crippen molar-refractivity contribution in [1.82, 2.24) is 9.97 Å². The average molecular weight is 390 g/mol. The van der Waals surface area contributed by atoms with Crippen molar-refractivity contribution in [3.8, 4) is 5.75 Å². The summed E-state index contributed by atoms with van der Waals surface area (Å²) >= 11 is 6.16. The number of carbonyl (C=O) groups is 1. The molecule has 142 valence electrons. The van der Waals surface area contributed by atoms with E-state index in [1.807, 2.05) is 19.1 Å². The van der Waals surface area contributed by atoms with Crippen LogP contribution in [0.15, 0.2) is 18.2 Å². The van der Waals surface area contributed by atoms with Gasteiger partial charge in [-0.15, -0.1) is 0 Å².